The van der Waals surface area contributed by atoms with Crippen molar-refractivity contribution in [3.8, 4) is 0 Å². The first-order chi connectivity index (χ1) is 8.52. The minimum Gasteiger partial charge on any atom is -0.460 e. The molecule has 0 amide bonds. The first-order valence-electron chi connectivity index (χ1n) is 5.87. The van der Waals surface area contributed by atoms with Gasteiger partial charge in [-0.25, -0.2) is 0 Å². The molecule has 0 aliphatic heterocycles. The number of nitrogens with zero attached hydrogens (tertiary/aromatic N) is 1. The van der Waals surface area contributed by atoms with E-state index in [4.69, 9.17) is 10.5 Å². The fourth-order valence-corrected chi connectivity index (χ4v) is 1.52. The third kappa shape index (κ3) is 4.63. The Morgan fingerprint density at radius 1 is 1.33 bits per heavy atom. The molecule has 1 aromatic carbocycles. The molecule has 0 saturated carbocycles. The van der Waals surface area contributed by atoms with Crippen LogP contribution >= 0.6 is 0 Å². The average Bonchev–Trinajstić information content (AvgIpc) is 2.35. The van der Waals surface area contributed by atoms with Crippen LogP contribution < -0.4 is 5.73 Å². The predicted octanol–water partition coefficient (Wildman–Crippen LogP) is 2.50. The van der Waals surface area contributed by atoms with Gasteiger partial charge in [-0.1, -0.05) is 26.0 Å². The van der Waals surface area contributed by atoms with Crippen molar-refractivity contribution in [3.05, 3.63) is 34.7 Å². The van der Waals surface area contributed by atoms with Crippen LogP contribution in [0.4, 0.5) is 5.69 Å². The summed E-state index contributed by atoms with van der Waals surface area (Å²) in [5, 5.41) is 2.79. The Kier molecular flexibility index (Phi) is 5.45. The fourth-order valence-electron chi connectivity index (χ4n) is 1.52. The molecule has 1 rings (SSSR count). The van der Waals surface area contributed by atoms with E-state index < -0.39 is 12.0 Å². The van der Waals surface area contributed by atoms with Crippen molar-refractivity contribution in [3.63, 3.8) is 0 Å². The second-order valence-electron chi connectivity index (χ2n) is 4.60. The molecule has 0 unspecified atom stereocenters. The van der Waals surface area contributed by atoms with Crippen molar-refractivity contribution in [2.75, 3.05) is 0 Å². The smallest absolute Gasteiger partial charge is 0.323 e. The molecule has 0 aliphatic rings. The SMILES string of the molecule is CC(C)C[C@H](N)C(=O)OCc1ccc(N=O)cc1. The van der Waals surface area contributed by atoms with E-state index in [9.17, 15) is 9.70 Å². The summed E-state index contributed by atoms with van der Waals surface area (Å²) < 4.78 is 5.09. The molecule has 98 valence electrons. The summed E-state index contributed by atoms with van der Waals surface area (Å²) >= 11 is 0. The topological polar surface area (TPSA) is 81.8 Å². The Balaban J connectivity index is 2.44. The van der Waals surface area contributed by atoms with Crippen LogP contribution in [0.15, 0.2) is 29.4 Å². The Morgan fingerprint density at radius 2 is 1.94 bits per heavy atom. The van der Waals surface area contributed by atoms with Gasteiger partial charge in [0.2, 0.25) is 0 Å². The van der Waals surface area contributed by atoms with Crippen LogP contribution in [0.2, 0.25) is 0 Å². The van der Waals surface area contributed by atoms with E-state index in [1.165, 1.54) is 0 Å². The van der Waals surface area contributed by atoms with Crippen molar-refractivity contribution in [1.29, 1.82) is 0 Å². The predicted molar refractivity (Wildman–Crippen MR) is 69.1 cm³/mol. The lowest BCUT2D eigenvalue weighted by atomic mass is 10.1. The number of carbonyl (C=O) groups excluding carboxylic acids is 1. The quantitative estimate of drug-likeness (QED) is 0.621. The van der Waals surface area contributed by atoms with Crippen LogP contribution in [0.25, 0.3) is 0 Å². The molecular formula is C13H18N2O3. The molecule has 0 saturated heterocycles. The molecule has 1 atom stereocenters. The highest BCUT2D eigenvalue weighted by molar-refractivity contribution is 5.75. The van der Waals surface area contributed by atoms with E-state index in [0.717, 1.165) is 5.56 Å². The van der Waals surface area contributed by atoms with Gasteiger partial charge in [-0.15, -0.1) is 4.91 Å². The van der Waals surface area contributed by atoms with Gasteiger partial charge in [-0.05, 0) is 35.2 Å². The lowest BCUT2D eigenvalue weighted by Crippen LogP contribution is -2.33. The third-order valence-electron chi connectivity index (χ3n) is 2.45. The summed E-state index contributed by atoms with van der Waals surface area (Å²) in [6, 6.07) is 5.95. The molecule has 0 spiro atoms. The molecule has 0 aromatic heterocycles. The molecule has 0 heterocycles. The summed E-state index contributed by atoms with van der Waals surface area (Å²) in [6.07, 6.45) is 0.604. The molecule has 18 heavy (non-hydrogen) atoms. The summed E-state index contributed by atoms with van der Waals surface area (Å²) in [5.74, 6) is -0.0493. The lowest BCUT2D eigenvalue weighted by Gasteiger charge is -2.13. The number of rotatable bonds is 6. The van der Waals surface area contributed by atoms with E-state index in [1.54, 1.807) is 24.3 Å². The Bertz CT molecular complexity index is 401. The third-order valence-corrected chi connectivity index (χ3v) is 2.45. The zero-order valence-corrected chi connectivity index (χ0v) is 10.6. The van der Waals surface area contributed by atoms with Crippen molar-refractivity contribution >= 4 is 11.7 Å². The van der Waals surface area contributed by atoms with Crippen LogP contribution in [0, 0.1) is 10.8 Å². The van der Waals surface area contributed by atoms with Gasteiger partial charge in [0.15, 0.2) is 0 Å². The largest absolute Gasteiger partial charge is 0.460 e. The second kappa shape index (κ2) is 6.86. The Morgan fingerprint density at radius 3 is 2.44 bits per heavy atom. The van der Waals surface area contributed by atoms with E-state index >= 15 is 0 Å². The zero-order chi connectivity index (χ0) is 13.5. The number of benzene rings is 1. The van der Waals surface area contributed by atoms with Gasteiger partial charge >= 0.3 is 5.97 Å². The minimum absolute atomic E-state index is 0.157. The van der Waals surface area contributed by atoms with Crippen LogP contribution in [0.1, 0.15) is 25.8 Å². The minimum atomic E-state index is -0.582. The maximum absolute atomic E-state index is 11.6. The zero-order valence-electron chi connectivity index (χ0n) is 10.6. The molecule has 0 radical (unpaired) electrons. The van der Waals surface area contributed by atoms with Gasteiger partial charge in [0.1, 0.15) is 18.3 Å². The van der Waals surface area contributed by atoms with E-state index in [2.05, 4.69) is 5.18 Å². The van der Waals surface area contributed by atoms with Crippen LogP contribution in [0.5, 0.6) is 0 Å². The number of nitroso groups, excluding NO2 is 1. The van der Waals surface area contributed by atoms with Gasteiger partial charge in [-0.3, -0.25) is 4.79 Å². The van der Waals surface area contributed by atoms with Crippen molar-refractivity contribution in [2.45, 2.75) is 32.9 Å². The monoisotopic (exact) mass is 250 g/mol. The highest BCUT2D eigenvalue weighted by Gasteiger charge is 2.16. The number of ether oxygens (including phenoxy) is 1. The maximum Gasteiger partial charge on any atom is 0.323 e. The van der Waals surface area contributed by atoms with Gasteiger partial charge in [0, 0.05) is 0 Å². The number of nitrogens with two attached hydrogens (primary N) is 1. The molecular weight excluding hydrogens is 232 g/mol. The summed E-state index contributed by atoms with van der Waals surface area (Å²) in [6.45, 7) is 4.15. The van der Waals surface area contributed by atoms with Gasteiger partial charge in [-0.2, -0.15) is 0 Å². The summed E-state index contributed by atoms with van der Waals surface area (Å²) in [4.78, 5) is 21.8. The molecule has 0 aliphatic carbocycles. The fraction of sp³-hybridized carbons (Fsp3) is 0.462. The van der Waals surface area contributed by atoms with E-state index in [-0.39, 0.29) is 6.61 Å². The molecule has 0 fully saturated rings. The van der Waals surface area contributed by atoms with E-state index in [0.29, 0.717) is 18.0 Å². The first-order valence-corrected chi connectivity index (χ1v) is 5.87. The van der Waals surface area contributed by atoms with Crippen LogP contribution in [0.3, 0.4) is 0 Å². The summed E-state index contributed by atoms with van der Waals surface area (Å²) in [5.41, 5.74) is 6.84. The highest BCUT2D eigenvalue weighted by atomic mass is 16.5. The van der Waals surface area contributed by atoms with Gasteiger partial charge < -0.3 is 10.5 Å². The molecule has 0 bridgehead atoms. The van der Waals surface area contributed by atoms with Crippen LogP contribution in [-0.4, -0.2) is 12.0 Å². The molecule has 5 nitrogen and oxygen atoms in total. The van der Waals surface area contributed by atoms with Gasteiger partial charge in [0.25, 0.3) is 0 Å². The van der Waals surface area contributed by atoms with Crippen molar-refractivity contribution in [2.24, 2.45) is 16.8 Å². The highest BCUT2D eigenvalue weighted by Crippen LogP contribution is 2.13. The number of esters is 1. The van der Waals surface area contributed by atoms with E-state index in [1.807, 2.05) is 13.8 Å². The normalized spacial score (nSPS) is 12.2. The summed E-state index contributed by atoms with van der Waals surface area (Å²) in [7, 11) is 0. The lowest BCUT2D eigenvalue weighted by molar-refractivity contribution is -0.146. The second-order valence-corrected chi connectivity index (χ2v) is 4.60. The first kappa shape index (κ1) is 14.3. The Labute approximate surface area is 106 Å². The molecule has 5 heteroatoms. The Hall–Kier alpha value is -1.75. The number of carbonyl (C=O) groups is 1. The average molecular weight is 250 g/mol. The number of hydrogen-bond acceptors (Lipinski definition) is 5. The molecule has 2 N–H and O–H groups in total. The standard InChI is InChI=1S/C13H18N2O3/c1-9(2)7-12(14)13(16)18-8-10-3-5-11(15-17)6-4-10/h3-6,9,12H,7-8,14H2,1-2H3/t12-/m0/s1. The molecule has 1 aromatic rings. The maximum atomic E-state index is 11.6. The van der Waals surface area contributed by atoms with Crippen molar-refractivity contribution in [1.82, 2.24) is 0 Å². The number of hydrogen-bond donors (Lipinski definition) is 1. The van der Waals surface area contributed by atoms with Crippen LogP contribution in [-0.2, 0) is 16.1 Å². The van der Waals surface area contributed by atoms with Gasteiger partial charge in [0.05, 0.1) is 0 Å². The van der Waals surface area contributed by atoms with Crippen molar-refractivity contribution < 1.29 is 9.53 Å².